The molecule has 3 nitrogen and oxygen atoms in total. The Hall–Kier alpha value is -0.860. The van der Waals surface area contributed by atoms with Crippen LogP contribution in [0.5, 0.6) is 0 Å². The Kier molecular flexibility index (Phi) is 3.07. The zero-order valence-electron chi connectivity index (χ0n) is 8.12. The van der Waals surface area contributed by atoms with E-state index in [1.807, 2.05) is 0 Å². The topological polar surface area (TPSA) is 54.4 Å². The van der Waals surface area contributed by atoms with Crippen molar-refractivity contribution in [2.75, 3.05) is 0 Å². The number of aliphatic carboxylic acids is 1. The molecule has 0 heterocycles. The molecule has 1 aliphatic carbocycles. The third kappa shape index (κ3) is 2.29. The minimum absolute atomic E-state index is 0.0174. The second-order valence-electron chi connectivity index (χ2n) is 4.04. The number of Topliss-reactive ketones (excluding diaryl/α,β-unsaturated/α-hetero) is 1. The Bertz CT molecular complexity index is 222. The average Bonchev–Trinajstić information content (AvgIpc) is 2.09. The van der Waals surface area contributed by atoms with Crippen molar-refractivity contribution in [1.29, 1.82) is 0 Å². The summed E-state index contributed by atoms with van der Waals surface area (Å²) in [5, 5.41) is 8.40. The van der Waals surface area contributed by atoms with Crippen molar-refractivity contribution >= 4 is 11.8 Å². The van der Waals surface area contributed by atoms with Crippen LogP contribution in [0.15, 0.2) is 0 Å². The van der Waals surface area contributed by atoms with Gasteiger partial charge in [-0.3, -0.25) is 9.59 Å². The molecule has 3 atom stereocenters. The van der Waals surface area contributed by atoms with Crippen LogP contribution in [0.2, 0.25) is 0 Å². The molecule has 0 bridgehead atoms. The molecule has 0 radical (unpaired) electrons. The zero-order valence-corrected chi connectivity index (χ0v) is 8.12. The molecule has 0 aromatic rings. The minimum atomic E-state index is -0.881. The van der Waals surface area contributed by atoms with Gasteiger partial charge in [0.15, 0.2) is 0 Å². The van der Waals surface area contributed by atoms with Crippen LogP contribution in [0, 0.1) is 17.8 Å². The molecule has 0 spiro atoms. The summed E-state index contributed by atoms with van der Waals surface area (Å²) in [5.74, 6) is 0.454. The van der Waals surface area contributed by atoms with Crippen molar-refractivity contribution in [3.8, 4) is 0 Å². The molecule has 0 aromatic carbocycles. The second kappa shape index (κ2) is 3.90. The van der Waals surface area contributed by atoms with E-state index in [0.717, 1.165) is 6.42 Å². The summed E-state index contributed by atoms with van der Waals surface area (Å²) >= 11 is 0. The minimum Gasteiger partial charge on any atom is -0.481 e. The summed E-state index contributed by atoms with van der Waals surface area (Å²) < 4.78 is 0. The van der Waals surface area contributed by atoms with Crippen LogP contribution in [0.25, 0.3) is 0 Å². The highest BCUT2D eigenvalue weighted by Gasteiger charge is 2.38. The van der Waals surface area contributed by atoms with E-state index in [9.17, 15) is 9.59 Å². The van der Waals surface area contributed by atoms with E-state index in [1.54, 1.807) is 0 Å². The van der Waals surface area contributed by atoms with Gasteiger partial charge < -0.3 is 5.11 Å². The van der Waals surface area contributed by atoms with E-state index in [2.05, 4.69) is 13.8 Å². The van der Waals surface area contributed by atoms with Crippen molar-refractivity contribution in [3.63, 3.8) is 0 Å². The first-order valence-corrected chi connectivity index (χ1v) is 4.77. The normalized spacial score (nSPS) is 32.3. The lowest BCUT2D eigenvalue weighted by atomic mass is 9.64. The van der Waals surface area contributed by atoms with E-state index >= 15 is 0 Å². The monoisotopic (exact) mass is 184 g/mol. The zero-order chi connectivity index (χ0) is 10.0. The molecule has 1 rings (SSSR count). The molecule has 1 saturated carbocycles. The number of carbonyl (C=O) groups excluding carboxylic acids is 1. The molecule has 3 heteroatoms. The highest BCUT2D eigenvalue weighted by Crippen LogP contribution is 2.40. The molecular formula is C10H16O3. The number of carbonyl (C=O) groups is 2. The maximum absolute atomic E-state index is 11.4. The van der Waals surface area contributed by atoms with E-state index in [0.29, 0.717) is 11.8 Å². The van der Waals surface area contributed by atoms with Crippen molar-refractivity contribution in [2.45, 2.75) is 33.1 Å². The summed E-state index contributed by atoms with van der Waals surface area (Å²) in [7, 11) is 0. The van der Waals surface area contributed by atoms with E-state index < -0.39 is 5.97 Å². The Morgan fingerprint density at radius 2 is 1.92 bits per heavy atom. The lowest BCUT2D eigenvalue weighted by Gasteiger charge is -2.39. The van der Waals surface area contributed by atoms with Crippen LogP contribution in [-0.2, 0) is 9.59 Å². The Balaban J connectivity index is 2.29. The predicted molar refractivity (Wildman–Crippen MR) is 48.3 cm³/mol. The third-order valence-corrected chi connectivity index (χ3v) is 3.16. The number of rotatable bonds is 4. The smallest absolute Gasteiger partial charge is 0.303 e. The van der Waals surface area contributed by atoms with Crippen LogP contribution in [0.1, 0.15) is 33.1 Å². The molecule has 13 heavy (non-hydrogen) atoms. The molecule has 1 aliphatic rings. The highest BCUT2D eigenvalue weighted by atomic mass is 16.4. The Labute approximate surface area is 78.1 Å². The van der Waals surface area contributed by atoms with Gasteiger partial charge in [-0.2, -0.15) is 0 Å². The van der Waals surface area contributed by atoms with E-state index in [4.69, 9.17) is 5.11 Å². The molecule has 1 N–H and O–H groups in total. The molecule has 3 unspecified atom stereocenters. The fourth-order valence-corrected chi connectivity index (χ4v) is 1.87. The van der Waals surface area contributed by atoms with Gasteiger partial charge >= 0.3 is 5.97 Å². The van der Waals surface area contributed by atoms with Gasteiger partial charge in [-0.1, -0.05) is 13.8 Å². The summed E-state index contributed by atoms with van der Waals surface area (Å²) in [6.07, 6.45) is 1.13. The molecule has 74 valence electrons. The Morgan fingerprint density at radius 3 is 2.31 bits per heavy atom. The number of carboxylic acid groups (broad SMARTS) is 1. The predicted octanol–water partition coefficient (Wildman–Crippen LogP) is 1.71. The number of carboxylic acids is 1. The van der Waals surface area contributed by atoms with Crippen LogP contribution in [0.3, 0.4) is 0 Å². The first-order chi connectivity index (χ1) is 6.02. The van der Waals surface area contributed by atoms with Crippen LogP contribution in [-0.4, -0.2) is 16.9 Å². The standard InChI is InChI=1S/C10H16O3/c1-6-5-8(7(6)2)9(11)3-4-10(12)13/h6-8H,3-5H2,1-2H3,(H,12,13). The summed E-state index contributed by atoms with van der Waals surface area (Å²) in [6.45, 7) is 4.20. The van der Waals surface area contributed by atoms with Gasteiger partial charge in [-0.15, -0.1) is 0 Å². The maximum Gasteiger partial charge on any atom is 0.303 e. The lowest BCUT2D eigenvalue weighted by Crippen LogP contribution is -2.38. The first-order valence-electron chi connectivity index (χ1n) is 4.77. The van der Waals surface area contributed by atoms with Gasteiger partial charge in [0.2, 0.25) is 0 Å². The Morgan fingerprint density at radius 1 is 1.31 bits per heavy atom. The van der Waals surface area contributed by atoms with Gasteiger partial charge in [0.25, 0.3) is 0 Å². The molecule has 1 fully saturated rings. The molecule has 0 aromatic heterocycles. The number of ketones is 1. The van der Waals surface area contributed by atoms with Crippen molar-refractivity contribution in [3.05, 3.63) is 0 Å². The van der Waals surface area contributed by atoms with Gasteiger partial charge in [0, 0.05) is 12.3 Å². The average molecular weight is 184 g/mol. The van der Waals surface area contributed by atoms with Crippen LogP contribution in [0.4, 0.5) is 0 Å². The molecule has 0 aliphatic heterocycles. The molecular weight excluding hydrogens is 168 g/mol. The lowest BCUT2D eigenvalue weighted by molar-refractivity contribution is -0.140. The van der Waals surface area contributed by atoms with Crippen molar-refractivity contribution in [1.82, 2.24) is 0 Å². The van der Waals surface area contributed by atoms with Crippen LogP contribution >= 0.6 is 0 Å². The highest BCUT2D eigenvalue weighted by molar-refractivity contribution is 5.85. The fourth-order valence-electron chi connectivity index (χ4n) is 1.87. The van der Waals surface area contributed by atoms with Crippen molar-refractivity contribution in [2.24, 2.45) is 17.8 Å². The van der Waals surface area contributed by atoms with Gasteiger partial charge in [0.05, 0.1) is 6.42 Å². The molecule has 0 amide bonds. The first kappa shape index (κ1) is 10.2. The van der Waals surface area contributed by atoms with E-state index in [-0.39, 0.29) is 24.5 Å². The summed E-state index contributed by atoms with van der Waals surface area (Å²) in [4.78, 5) is 21.6. The number of hydrogen-bond donors (Lipinski definition) is 1. The fraction of sp³-hybridized carbons (Fsp3) is 0.800. The van der Waals surface area contributed by atoms with Crippen LogP contribution < -0.4 is 0 Å². The van der Waals surface area contributed by atoms with Gasteiger partial charge in [-0.25, -0.2) is 0 Å². The second-order valence-corrected chi connectivity index (χ2v) is 4.04. The maximum atomic E-state index is 11.4. The van der Waals surface area contributed by atoms with E-state index in [1.165, 1.54) is 0 Å². The largest absolute Gasteiger partial charge is 0.481 e. The van der Waals surface area contributed by atoms with Gasteiger partial charge in [-0.05, 0) is 18.3 Å². The summed E-state index contributed by atoms with van der Waals surface area (Å²) in [6, 6.07) is 0. The third-order valence-electron chi connectivity index (χ3n) is 3.16. The van der Waals surface area contributed by atoms with Gasteiger partial charge in [0.1, 0.15) is 5.78 Å². The van der Waals surface area contributed by atoms with Crippen molar-refractivity contribution < 1.29 is 14.7 Å². The molecule has 0 saturated heterocycles. The summed E-state index contributed by atoms with van der Waals surface area (Å²) in [5.41, 5.74) is 0. The quantitative estimate of drug-likeness (QED) is 0.723. The number of hydrogen-bond acceptors (Lipinski definition) is 2. The SMILES string of the molecule is CC1CC(C(=O)CCC(=O)O)C1C.